The Balaban J connectivity index is 1.74. The lowest BCUT2D eigenvalue weighted by molar-refractivity contribution is -0.544. The third-order valence-electron chi connectivity index (χ3n) is 10.7. The number of carbonyl (C=O) groups excluding carboxylic acids is 6. The first-order valence-electron chi connectivity index (χ1n) is 18.2. The standard InChI is InChI=1S/C42H41NO14/c1-22(44)52-33(34-35(53-23(2)45)36(54-24(3)46)37(55-25(4)47)39(57-34)56-26(5)48)32-38(43(50)51)41(6)30(27-16-10-7-11-17-27)31(28-18-12-8-13-19-28)42(32,40(41)49)29-20-14-9-15-21-29/h7-21,32-39H,1-6H3/t32-,33-,34+,35-,36-,37+,38+,39-,41+,42+/m0/s1. The molecule has 2 aliphatic carbocycles. The van der Waals surface area contributed by atoms with Crippen LogP contribution in [0.2, 0.25) is 0 Å². The van der Waals surface area contributed by atoms with Gasteiger partial charge in [-0.15, -0.1) is 0 Å². The van der Waals surface area contributed by atoms with Gasteiger partial charge in [0.2, 0.25) is 18.4 Å². The summed E-state index contributed by atoms with van der Waals surface area (Å²) < 4.78 is 34.7. The van der Waals surface area contributed by atoms with E-state index in [4.69, 9.17) is 28.4 Å². The molecule has 0 N–H and O–H groups in total. The van der Waals surface area contributed by atoms with Gasteiger partial charge in [-0.25, -0.2) is 0 Å². The quantitative estimate of drug-likeness (QED) is 0.115. The highest BCUT2D eigenvalue weighted by Gasteiger charge is 2.82. The molecular formula is C42H41NO14. The van der Waals surface area contributed by atoms with Crippen LogP contribution in [-0.4, -0.2) is 83.4 Å². The summed E-state index contributed by atoms with van der Waals surface area (Å²) in [5, 5.41) is 13.8. The van der Waals surface area contributed by atoms with Crippen LogP contribution in [0.4, 0.5) is 0 Å². The highest BCUT2D eigenvalue weighted by Crippen LogP contribution is 2.71. The summed E-state index contributed by atoms with van der Waals surface area (Å²) in [5.41, 5.74) is -1.70. The molecule has 1 aliphatic heterocycles. The number of Topliss-reactive ketones (excluding diaryl/α,β-unsaturated/α-hetero) is 1. The van der Waals surface area contributed by atoms with Gasteiger partial charge in [-0.05, 0) is 34.8 Å². The number of ether oxygens (including phenoxy) is 6. The number of benzene rings is 3. The van der Waals surface area contributed by atoms with E-state index in [0.29, 0.717) is 27.8 Å². The van der Waals surface area contributed by atoms with Crippen molar-refractivity contribution in [2.45, 2.75) is 89.8 Å². The molecule has 0 amide bonds. The maximum atomic E-state index is 15.8. The summed E-state index contributed by atoms with van der Waals surface area (Å²) >= 11 is 0. The summed E-state index contributed by atoms with van der Waals surface area (Å²) in [6, 6.07) is 24.2. The molecule has 2 bridgehead atoms. The second kappa shape index (κ2) is 15.7. The number of esters is 5. The first-order chi connectivity index (χ1) is 27.0. The van der Waals surface area contributed by atoms with Gasteiger partial charge in [0.25, 0.3) is 0 Å². The molecule has 0 spiro atoms. The van der Waals surface area contributed by atoms with Crippen LogP contribution in [0.3, 0.4) is 0 Å². The number of fused-ring (bicyclic) bond motifs is 2. The Labute approximate surface area is 327 Å². The van der Waals surface area contributed by atoms with Gasteiger partial charge in [0.15, 0.2) is 18.0 Å². The van der Waals surface area contributed by atoms with Crippen LogP contribution < -0.4 is 0 Å². The minimum atomic E-state index is -1.98. The average Bonchev–Trinajstić information content (AvgIpc) is 3.48. The molecule has 3 aromatic carbocycles. The molecule has 1 saturated heterocycles. The van der Waals surface area contributed by atoms with E-state index < -0.39 is 100 Å². The number of allylic oxidation sites excluding steroid dienone is 1. The zero-order valence-electron chi connectivity index (χ0n) is 31.9. The summed E-state index contributed by atoms with van der Waals surface area (Å²) in [4.78, 5) is 92.9. The predicted molar refractivity (Wildman–Crippen MR) is 198 cm³/mol. The second-order valence-corrected chi connectivity index (χ2v) is 14.3. The summed E-state index contributed by atoms with van der Waals surface area (Å²) in [6.45, 7) is 6.64. The number of hydrogen-bond acceptors (Lipinski definition) is 14. The lowest BCUT2D eigenvalue weighted by Gasteiger charge is -2.49. The van der Waals surface area contributed by atoms with Crippen molar-refractivity contribution >= 4 is 46.8 Å². The second-order valence-electron chi connectivity index (χ2n) is 14.3. The van der Waals surface area contributed by atoms with Crippen molar-refractivity contribution in [2.75, 3.05) is 0 Å². The van der Waals surface area contributed by atoms with Crippen LogP contribution in [0.5, 0.6) is 0 Å². The van der Waals surface area contributed by atoms with Crippen molar-refractivity contribution in [1.29, 1.82) is 0 Å². The highest BCUT2D eigenvalue weighted by molar-refractivity contribution is 6.26. The van der Waals surface area contributed by atoms with Crippen molar-refractivity contribution < 1.29 is 62.1 Å². The number of carbonyl (C=O) groups is 6. The first kappa shape index (κ1) is 40.4. The molecule has 3 aromatic rings. The van der Waals surface area contributed by atoms with Crippen LogP contribution in [0.25, 0.3) is 11.1 Å². The Morgan fingerprint density at radius 1 is 0.649 bits per heavy atom. The predicted octanol–water partition coefficient (Wildman–Crippen LogP) is 4.41. The van der Waals surface area contributed by atoms with E-state index in [1.807, 2.05) is 0 Å². The number of nitrogens with zero attached hydrogens (tertiary/aromatic N) is 1. The third kappa shape index (κ3) is 6.96. The minimum Gasteiger partial charge on any atom is -0.459 e. The molecule has 0 unspecified atom stereocenters. The Bertz CT molecular complexity index is 2120. The molecule has 57 heavy (non-hydrogen) atoms. The van der Waals surface area contributed by atoms with Crippen LogP contribution in [0.1, 0.15) is 58.2 Å². The molecule has 2 fully saturated rings. The van der Waals surface area contributed by atoms with Crippen LogP contribution in [0.15, 0.2) is 91.0 Å². The molecule has 298 valence electrons. The fourth-order valence-electron chi connectivity index (χ4n) is 9.12. The molecular weight excluding hydrogens is 742 g/mol. The first-order valence-corrected chi connectivity index (χ1v) is 18.2. The largest absolute Gasteiger partial charge is 0.459 e. The third-order valence-corrected chi connectivity index (χ3v) is 10.7. The molecule has 10 atom stereocenters. The molecule has 15 heteroatoms. The Kier molecular flexibility index (Phi) is 11.2. The van der Waals surface area contributed by atoms with Crippen LogP contribution >= 0.6 is 0 Å². The van der Waals surface area contributed by atoms with Gasteiger partial charge in [-0.3, -0.25) is 38.9 Å². The molecule has 0 aromatic heterocycles. The molecule has 0 radical (unpaired) electrons. The Hall–Kier alpha value is -6.22. The van der Waals surface area contributed by atoms with Crippen molar-refractivity contribution in [1.82, 2.24) is 0 Å². The topological polar surface area (TPSA) is 201 Å². The fraction of sp³-hybridized carbons (Fsp3) is 0.381. The highest BCUT2D eigenvalue weighted by atomic mass is 16.7. The van der Waals surface area contributed by atoms with E-state index in [2.05, 4.69) is 0 Å². The maximum Gasteiger partial charge on any atom is 0.305 e. The summed E-state index contributed by atoms with van der Waals surface area (Å²) in [5.74, 6) is -6.98. The van der Waals surface area contributed by atoms with E-state index in [1.165, 1.54) is 6.92 Å². The van der Waals surface area contributed by atoms with E-state index in [9.17, 15) is 34.1 Å². The SMILES string of the molecule is CC(=O)O[C@H]1O[C@H]([C@@H](OC(C)=O)[C@H]2[C@@H]([N+](=O)[O-])[C@]3(C)C(=O)[C@]2(c2ccccc2)C(c2ccccc2)=C3c2ccccc2)[C@H](OC(C)=O)[C@H](OC(C)=O)[C@H]1OC(C)=O. The molecule has 15 nitrogen and oxygen atoms in total. The van der Waals surface area contributed by atoms with Crippen LogP contribution in [0, 0.1) is 21.4 Å². The van der Waals surface area contributed by atoms with E-state index >= 15 is 4.79 Å². The number of ketones is 1. The minimum absolute atomic E-state index is 0.322. The Morgan fingerprint density at radius 3 is 1.58 bits per heavy atom. The fourth-order valence-corrected chi connectivity index (χ4v) is 9.12. The van der Waals surface area contributed by atoms with Gasteiger partial charge < -0.3 is 28.4 Å². The zero-order chi connectivity index (χ0) is 41.4. The van der Waals surface area contributed by atoms with E-state index in [0.717, 1.165) is 34.6 Å². The van der Waals surface area contributed by atoms with Gasteiger partial charge in [-0.1, -0.05) is 91.0 Å². The van der Waals surface area contributed by atoms with E-state index in [1.54, 1.807) is 91.0 Å². The average molecular weight is 784 g/mol. The summed E-state index contributed by atoms with van der Waals surface area (Å²) in [6.07, 6.45) is -11.0. The zero-order valence-corrected chi connectivity index (χ0v) is 31.9. The molecule has 1 heterocycles. The molecule has 3 aliphatic rings. The maximum absolute atomic E-state index is 15.8. The van der Waals surface area contributed by atoms with Crippen molar-refractivity contribution in [3.05, 3.63) is 118 Å². The lowest BCUT2D eigenvalue weighted by atomic mass is 9.59. The number of nitro groups is 1. The normalized spacial score (nSPS) is 29.5. The molecule has 1 saturated carbocycles. The van der Waals surface area contributed by atoms with Crippen molar-refractivity contribution in [2.24, 2.45) is 11.3 Å². The number of hydrogen-bond donors (Lipinski definition) is 0. The monoisotopic (exact) mass is 783 g/mol. The van der Waals surface area contributed by atoms with Gasteiger partial charge in [0.05, 0.1) is 11.3 Å². The van der Waals surface area contributed by atoms with Gasteiger partial charge in [0, 0.05) is 39.5 Å². The lowest BCUT2D eigenvalue weighted by Crippen LogP contribution is -2.67. The van der Waals surface area contributed by atoms with Crippen molar-refractivity contribution in [3.63, 3.8) is 0 Å². The Morgan fingerprint density at radius 2 is 1.11 bits per heavy atom. The van der Waals surface area contributed by atoms with E-state index in [-0.39, 0.29) is 0 Å². The van der Waals surface area contributed by atoms with Gasteiger partial charge >= 0.3 is 29.8 Å². The smallest absolute Gasteiger partial charge is 0.305 e. The van der Waals surface area contributed by atoms with Gasteiger partial charge in [0.1, 0.15) is 17.6 Å². The van der Waals surface area contributed by atoms with Crippen molar-refractivity contribution in [3.8, 4) is 0 Å². The summed E-state index contributed by atoms with van der Waals surface area (Å²) in [7, 11) is 0. The molecule has 6 rings (SSSR count). The number of rotatable bonds is 11. The van der Waals surface area contributed by atoms with Gasteiger partial charge in [-0.2, -0.15) is 0 Å². The van der Waals surface area contributed by atoms with Crippen LogP contribution in [-0.2, 0) is 62.6 Å².